The summed E-state index contributed by atoms with van der Waals surface area (Å²) < 4.78 is 40.3. The summed E-state index contributed by atoms with van der Waals surface area (Å²) in [6.45, 7) is 2.58. The van der Waals surface area contributed by atoms with Crippen LogP contribution >= 0.6 is 0 Å². The van der Waals surface area contributed by atoms with E-state index in [1.165, 1.54) is 25.1 Å². The molecule has 1 aromatic rings. The van der Waals surface area contributed by atoms with Crippen LogP contribution in [0.3, 0.4) is 0 Å². The molecule has 0 spiro atoms. The first kappa shape index (κ1) is 17.9. The second kappa shape index (κ2) is 7.41. The quantitative estimate of drug-likeness (QED) is 0.877. The zero-order valence-electron chi connectivity index (χ0n) is 13.0. The highest BCUT2D eigenvalue weighted by Gasteiger charge is 2.31. The van der Waals surface area contributed by atoms with Crippen LogP contribution in [0.2, 0.25) is 0 Å². The molecule has 9 heteroatoms. The van der Waals surface area contributed by atoms with Gasteiger partial charge in [-0.2, -0.15) is 0 Å². The zero-order valence-corrected chi connectivity index (χ0v) is 13.0. The summed E-state index contributed by atoms with van der Waals surface area (Å²) in [6, 6.07) is 4.82. The minimum atomic E-state index is -4.76. The molecular weight excluding hydrogens is 327 g/mol. The van der Waals surface area contributed by atoms with Gasteiger partial charge in [0.05, 0.1) is 0 Å². The molecule has 24 heavy (non-hydrogen) atoms. The summed E-state index contributed by atoms with van der Waals surface area (Å²) in [4.78, 5) is 24.7. The number of carbonyl (C=O) groups excluding carboxylic acids is 2. The molecule has 1 fully saturated rings. The molecule has 0 radical (unpaired) electrons. The molecule has 3 amide bonds. The van der Waals surface area contributed by atoms with E-state index in [0.29, 0.717) is 25.1 Å². The van der Waals surface area contributed by atoms with Gasteiger partial charge in [-0.25, -0.2) is 4.79 Å². The first-order valence-electron chi connectivity index (χ1n) is 7.37. The van der Waals surface area contributed by atoms with Crippen molar-refractivity contribution in [2.24, 2.45) is 0 Å². The first-order valence-corrected chi connectivity index (χ1v) is 7.37. The minimum absolute atomic E-state index is 0.0406. The predicted molar refractivity (Wildman–Crippen MR) is 79.2 cm³/mol. The lowest BCUT2D eigenvalue weighted by Crippen LogP contribution is -2.43. The maximum Gasteiger partial charge on any atom is 0.573 e. The maximum atomic E-state index is 12.2. The molecule has 2 rings (SSSR count). The molecule has 2 N–H and O–H groups in total. The number of likely N-dealkylation sites (tertiary alicyclic amines) is 1. The van der Waals surface area contributed by atoms with Crippen LogP contribution in [0.15, 0.2) is 24.3 Å². The lowest BCUT2D eigenvalue weighted by Gasteiger charge is -2.15. The van der Waals surface area contributed by atoms with Crippen molar-refractivity contribution in [3.05, 3.63) is 29.8 Å². The Morgan fingerprint density at radius 1 is 1.38 bits per heavy atom. The lowest BCUT2D eigenvalue weighted by molar-refractivity contribution is -0.274. The number of alkyl halides is 3. The van der Waals surface area contributed by atoms with Crippen molar-refractivity contribution in [2.45, 2.75) is 32.3 Å². The number of amides is 3. The summed E-state index contributed by atoms with van der Waals surface area (Å²) in [7, 11) is 0. The number of nitrogens with one attached hydrogen (secondary N) is 2. The highest BCUT2D eigenvalue weighted by Crippen LogP contribution is 2.23. The third-order valence-corrected chi connectivity index (χ3v) is 3.55. The molecule has 0 unspecified atom stereocenters. The molecule has 1 aromatic carbocycles. The second-order valence-electron chi connectivity index (χ2n) is 5.47. The highest BCUT2D eigenvalue weighted by atomic mass is 19.4. The van der Waals surface area contributed by atoms with E-state index >= 15 is 0 Å². The summed E-state index contributed by atoms with van der Waals surface area (Å²) >= 11 is 0. The van der Waals surface area contributed by atoms with E-state index in [9.17, 15) is 22.8 Å². The van der Waals surface area contributed by atoms with Gasteiger partial charge in [-0.3, -0.25) is 4.79 Å². The third kappa shape index (κ3) is 5.64. The summed E-state index contributed by atoms with van der Waals surface area (Å²) in [5.41, 5.74) is 0.476. The van der Waals surface area contributed by atoms with E-state index < -0.39 is 12.4 Å². The average Bonchev–Trinajstić information content (AvgIpc) is 2.92. The highest BCUT2D eigenvalue weighted by molar-refractivity contribution is 5.75. The Morgan fingerprint density at radius 3 is 2.75 bits per heavy atom. The lowest BCUT2D eigenvalue weighted by atomic mass is 10.2. The molecule has 0 saturated carbocycles. The summed E-state index contributed by atoms with van der Waals surface area (Å²) in [6.07, 6.45) is -4.09. The predicted octanol–water partition coefficient (Wildman–Crippen LogP) is 2.01. The van der Waals surface area contributed by atoms with Crippen molar-refractivity contribution >= 4 is 11.9 Å². The van der Waals surface area contributed by atoms with Crippen molar-refractivity contribution in [1.29, 1.82) is 0 Å². The number of benzene rings is 1. The van der Waals surface area contributed by atoms with E-state index in [1.807, 2.05) is 0 Å². The molecule has 1 aliphatic heterocycles. The Kier molecular flexibility index (Phi) is 5.53. The van der Waals surface area contributed by atoms with Gasteiger partial charge in [-0.1, -0.05) is 12.1 Å². The third-order valence-electron chi connectivity index (χ3n) is 3.55. The number of nitrogens with zero attached hydrogens (tertiary/aromatic N) is 1. The largest absolute Gasteiger partial charge is 0.573 e. The van der Waals surface area contributed by atoms with Gasteiger partial charge in [-0.15, -0.1) is 13.2 Å². The Morgan fingerprint density at radius 2 is 2.12 bits per heavy atom. The van der Waals surface area contributed by atoms with Gasteiger partial charge in [0.15, 0.2) is 0 Å². The number of rotatable bonds is 4. The van der Waals surface area contributed by atoms with Crippen LogP contribution in [0.5, 0.6) is 5.75 Å². The second-order valence-corrected chi connectivity index (χ2v) is 5.47. The Labute approximate surface area is 137 Å². The van der Waals surface area contributed by atoms with Gasteiger partial charge < -0.3 is 20.3 Å². The molecule has 1 atom stereocenters. The fourth-order valence-electron chi connectivity index (χ4n) is 2.44. The monoisotopic (exact) mass is 345 g/mol. The Bertz CT molecular complexity index is 607. The molecule has 1 aliphatic rings. The van der Waals surface area contributed by atoms with Crippen LogP contribution in [-0.4, -0.2) is 42.3 Å². The van der Waals surface area contributed by atoms with Crippen LogP contribution in [0.25, 0.3) is 0 Å². The molecule has 132 valence electrons. The zero-order chi connectivity index (χ0) is 17.7. The van der Waals surface area contributed by atoms with Gasteiger partial charge in [-0.05, 0) is 24.1 Å². The number of hydrogen-bond donors (Lipinski definition) is 2. The molecule has 1 saturated heterocycles. The van der Waals surface area contributed by atoms with E-state index in [-0.39, 0.29) is 24.2 Å². The molecule has 0 aromatic heterocycles. The van der Waals surface area contributed by atoms with Crippen molar-refractivity contribution < 1.29 is 27.5 Å². The van der Waals surface area contributed by atoms with Gasteiger partial charge in [0.2, 0.25) is 5.91 Å². The standard InChI is InChI=1S/C15H18F3N3O3/c1-10(22)21-6-5-12(9-21)20-14(23)19-8-11-3-2-4-13(7-11)24-15(16,17)18/h2-4,7,12H,5-6,8-9H2,1H3,(H2,19,20,23)/t12-/m1/s1. The van der Waals surface area contributed by atoms with Gasteiger partial charge in [0, 0.05) is 32.6 Å². The van der Waals surface area contributed by atoms with Crippen molar-refractivity contribution in [3.8, 4) is 5.75 Å². The molecule has 6 nitrogen and oxygen atoms in total. The van der Waals surface area contributed by atoms with Crippen molar-refractivity contribution in [3.63, 3.8) is 0 Å². The van der Waals surface area contributed by atoms with Crippen LogP contribution < -0.4 is 15.4 Å². The minimum Gasteiger partial charge on any atom is -0.406 e. The number of urea groups is 1. The summed E-state index contributed by atoms with van der Waals surface area (Å²) in [5.74, 6) is -0.378. The number of hydrogen-bond acceptors (Lipinski definition) is 3. The normalized spacial score (nSPS) is 17.5. The van der Waals surface area contributed by atoms with E-state index in [2.05, 4.69) is 15.4 Å². The topological polar surface area (TPSA) is 70.7 Å². The fourth-order valence-corrected chi connectivity index (χ4v) is 2.44. The van der Waals surface area contributed by atoms with Crippen molar-refractivity contribution in [2.75, 3.05) is 13.1 Å². The molecular formula is C15H18F3N3O3. The van der Waals surface area contributed by atoms with E-state index in [4.69, 9.17) is 0 Å². The average molecular weight is 345 g/mol. The molecule has 1 heterocycles. The Hall–Kier alpha value is -2.45. The Balaban J connectivity index is 1.80. The fraction of sp³-hybridized carbons (Fsp3) is 0.467. The van der Waals surface area contributed by atoms with Crippen LogP contribution in [0.1, 0.15) is 18.9 Å². The smallest absolute Gasteiger partial charge is 0.406 e. The van der Waals surface area contributed by atoms with Gasteiger partial charge >= 0.3 is 12.4 Å². The molecule has 0 aliphatic carbocycles. The summed E-state index contributed by atoms with van der Waals surface area (Å²) in [5, 5.41) is 5.30. The number of ether oxygens (including phenoxy) is 1. The SMILES string of the molecule is CC(=O)N1CC[C@@H](NC(=O)NCc2cccc(OC(F)(F)F)c2)C1. The van der Waals surface area contributed by atoms with E-state index in [1.54, 1.807) is 11.0 Å². The number of carbonyl (C=O) groups is 2. The van der Waals surface area contributed by atoms with Crippen LogP contribution in [0, 0.1) is 0 Å². The number of halogens is 3. The van der Waals surface area contributed by atoms with Crippen LogP contribution in [-0.2, 0) is 11.3 Å². The maximum absolute atomic E-state index is 12.2. The van der Waals surface area contributed by atoms with Crippen LogP contribution in [0.4, 0.5) is 18.0 Å². The van der Waals surface area contributed by atoms with Gasteiger partial charge in [0.1, 0.15) is 5.75 Å². The molecule has 0 bridgehead atoms. The van der Waals surface area contributed by atoms with E-state index in [0.717, 1.165) is 0 Å². The van der Waals surface area contributed by atoms with Crippen molar-refractivity contribution in [1.82, 2.24) is 15.5 Å². The van der Waals surface area contributed by atoms with Gasteiger partial charge in [0.25, 0.3) is 0 Å². The first-order chi connectivity index (χ1) is 11.2.